The monoisotopic (exact) mass is 628 g/mol. The molecule has 2 heterocycles. The summed E-state index contributed by atoms with van der Waals surface area (Å²) in [5.41, 5.74) is 2.94. The predicted octanol–water partition coefficient (Wildman–Crippen LogP) is 7.90. The van der Waals surface area contributed by atoms with E-state index in [1.54, 1.807) is 56.6 Å². The molecule has 200 valence electrons. The second kappa shape index (κ2) is 10.6. The first kappa shape index (κ1) is 27.1. The number of nitrogens with zero attached hydrogens (tertiary/aromatic N) is 3. The SMILES string of the molecule is CC1=C(C(=O)Nc2ccc3nc(C)sc3c2)C(c2ccc(Br)cc2Oc2ccc(F)c(Cl)c2)N(C)C(=O)N1C. The standard InChI is InChI=1S/C28H23BrClFN4O3S/c1-14-25(27(36)33-17-6-10-22-24(12-17)39-15(2)32-22)26(35(4)28(37)34(14)3)19-8-5-16(29)11-23(19)38-18-7-9-21(31)20(30)13-18/h5-13,26H,1-4H3,(H,33,36). The molecule has 7 nitrogen and oxygen atoms in total. The first-order valence-corrected chi connectivity index (χ1v) is 13.8. The molecule has 3 amide bonds. The zero-order chi connectivity index (χ0) is 28.0. The molecule has 1 atom stereocenters. The fourth-order valence-corrected chi connectivity index (χ4v) is 5.90. The number of fused-ring (bicyclic) bond motifs is 1. The van der Waals surface area contributed by atoms with Gasteiger partial charge in [0, 0.05) is 41.6 Å². The van der Waals surface area contributed by atoms with Crippen LogP contribution in [0.15, 0.2) is 70.3 Å². The third kappa shape index (κ3) is 5.24. The van der Waals surface area contributed by atoms with Gasteiger partial charge in [-0.15, -0.1) is 11.3 Å². The van der Waals surface area contributed by atoms with Crippen molar-refractivity contribution in [3.63, 3.8) is 0 Å². The van der Waals surface area contributed by atoms with E-state index in [0.717, 1.165) is 19.7 Å². The van der Waals surface area contributed by atoms with Crippen LogP contribution < -0.4 is 10.1 Å². The Kier molecular flexibility index (Phi) is 7.37. The Balaban J connectivity index is 1.57. The number of allylic oxidation sites excluding steroid dienone is 1. The van der Waals surface area contributed by atoms with Gasteiger partial charge < -0.3 is 19.9 Å². The van der Waals surface area contributed by atoms with Crippen LogP contribution in [0.2, 0.25) is 5.02 Å². The Hall–Kier alpha value is -3.47. The predicted molar refractivity (Wildman–Crippen MR) is 155 cm³/mol. The number of likely N-dealkylation sites (N-methyl/N-ethyl adjacent to an activating group) is 1. The molecule has 0 radical (unpaired) electrons. The van der Waals surface area contributed by atoms with Gasteiger partial charge in [-0.25, -0.2) is 14.2 Å². The lowest BCUT2D eigenvalue weighted by Gasteiger charge is -2.40. The summed E-state index contributed by atoms with van der Waals surface area (Å²) in [6.45, 7) is 3.67. The molecule has 39 heavy (non-hydrogen) atoms. The maximum Gasteiger partial charge on any atom is 0.324 e. The van der Waals surface area contributed by atoms with E-state index in [1.165, 1.54) is 28.0 Å². The Morgan fingerprint density at radius 3 is 2.64 bits per heavy atom. The average Bonchev–Trinajstić information content (AvgIpc) is 3.26. The molecule has 0 spiro atoms. The van der Waals surface area contributed by atoms with Gasteiger partial charge in [0.25, 0.3) is 5.91 Å². The van der Waals surface area contributed by atoms with Gasteiger partial charge in [-0.2, -0.15) is 0 Å². The van der Waals surface area contributed by atoms with Crippen LogP contribution in [0.4, 0.5) is 14.9 Å². The second-order valence-electron chi connectivity index (χ2n) is 9.08. The first-order valence-electron chi connectivity index (χ1n) is 11.9. The van der Waals surface area contributed by atoms with E-state index < -0.39 is 11.9 Å². The lowest BCUT2D eigenvalue weighted by atomic mass is 9.92. The third-order valence-corrected chi connectivity index (χ3v) is 8.25. The van der Waals surface area contributed by atoms with Crippen LogP contribution in [0.3, 0.4) is 0 Å². The molecule has 1 N–H and O–H groups in total. The summed E-state index contributed by atoms with van der Waals surface area (Å²) in [6, 6.07) is 13.9. The number of halogens is 3. The van der Waals surface area contributed by atoms with Gasteiger partial charge in [0.05, 0.1) is 31.9 Å². The summed E-state index contributed by atoms with van der Waals surface area (Å²) >= 11 is 11.0. The summed E-state index contributed by atoms with van der Waals surface area (Å²) in [4.78, 5) is 34.5. The number of carbonyl (C=O) groups is 2. The van der Waals surface area contributed by atoms with Gasteiger partial charge in [-0.05, 0) is 56.3 Å². The van der Waals surface area contributed by atoms with Crippen molar-refractivity contribution in [3.8, 4) is 11.5 Å². The van der Waals surface area contributed by atoms with Gasteiger partial charge in [-0.3, -0.25) is 4.79 Å². The van der Waals surface area contributed by atoms with Gasteiger partial charge >= 0.3 is 6.03 Å². The number of nitrogens with one attached hydrogen (secondary N) is 1. The third-order valence-electron chi connectivity index (χ3n) is 6.53. The molecule has 1 unspecified atom stereocenters. The minimum Gasteiger partial charge on any atom is -0.457 e. The number of amides is 3. The number of aryl methyl sites for hydroxylation is 1. The van der Waals surface area contributed by atoms with Crippen molar-refractivity contribution < 1.29 is 18.7 Å². The Bertz CT molecular complexity index is 1670. The van der Waals surface area contributed by atoms with Crippen molar-refractivity contribution in [3.05, 3.63) is 91.8 Å². The quantitative estimate of drug-likeness (QED) is 0.244. The second-order valence-corrected chi connectivity index (χ2v) is 11.6. The van der Waals surface area contributed by atoms with Crippen molar-refractivity contribution in [1.29, 1.82) is 0 Å². The van der Waals surface area contributed by atoms with Gasteiger partial charge in [-0.1, -0.05) is 33.6 Å². The summed E-state index contributed by atoms with van der Waals surface area (Å²) in [5, 5.41) is 3.85. The average molecular weight is 630 g/mol. The summed E-state index contributed by atoms with van der Waals surface area (Å²) < 4.78 is 21.6. The number of ether oxygens (including phenoxy) is 1. The van der Waals surface area contributed by atoms with Crippen LogP contribution in [0, 0.1) is 12.7 Å². The number of thiazole rings is 1. The highest BCUT2D eigenvalue weighted by Crippen LogP contribution is 2.42. The number of anilines is 1. The maximum atomic E-state index is 13.9. The summed E-state index contributed by atoms with van der Waals surface area (Å²) in [7, 11) is 3.26. The molecule has 11 heteroatoms. The summed E-state index contributed by atoms with van der Waals surface area (Å²) in [6.07, 6.45) is 0. The molecule has 0 saturated heterocycles. The molecular formula is C28H23BrClFN4O3S. The molecule has 0 aliphatic carbocycles. The zero-order valence-electron chi connectivity index (χ0n) is 21.4. The zero-order valence-corrected chi connectivity index (χ0v) is 24.5. The van der Waals surface area contributed by atoms with E-state index in [4.69, 9.17) is 16.3 Å². The van der Waals surface area contributed by atoms with E-state index in [2.05, 4.69) is 26.2 Å². The Labute approximate surface area is 242 Å². The summed E-state index contributed by atoms with van der Waals surface area (Å²) in [5.74, 6) is -0.241. The largest absolute Gasteiger partial charge is 0.457 e. The molecule has 1 aliphatic heterocycles. The first-order chi connectivity index (χ1) is 18.5. The van der Waals surface area contributed by atoms with Crippen molar-refractivity contribution in [2.45, 2.75) is 19.9 Å². The van der Waals surface area contributed by atoms with E-state index in [-0.39, 0.29) is 17.0 Å². The topological polar surface area (TPSA) is 74.8 Å². The maximum absolute atomic E-state index is 13.9. The molecule has 3 aromatic carbocycles. The Morgan fingerprint density at radius 1 is 1.13 bits per heavy atom. The van der Waals surface area contributed by atoms with Crippen molar-refractivity contribution in [2.75, 3.05) is 19.4 Å². The van der Waals surface area contributed by atoms with Crippen molar-refractivity contribution in [2.24, 2.45) is 0 Å². The normalized spacial score (nSPS) is 15.8. The molecule has 0 bridgehead atoms. The van der Waals surface area contributed by atoms with Crippen molar-refractivity contribution in [1.82, 2.24) is 14.8 Å². The lowest BCUT2D eigenvalue weighted by molar-refractivity contribution is -0.113. The van der Waals surface area contributed by atoms with E-state index >= 15 is 0 Å². The molecule has 4 aromatic rings. The fourth-order valence-electron chi connectivity index (χ4n) is 4.52. The number of benzene rings is 3. The number of aromatic nitrogens is 1. The van der Waals surface area contributed by atoms with E-state index in [0.29, 0.717) is 34.0 Å². The Morgan fingerprint density at radius 2 is 1.90 bits per heavy atom. The molecule has 0 saturated carbocycles. The van der Waals surface area contributed by atoms with Crippen LogP contribution in [-0.2, 0) is 4.79 Å². The minimum atomic E-state index is -0.776. The highest BCUT2D eigenvalue weighted by atomic mass is 79.9. The minimum absolute atomic E-state index is 0.0838. The number of hydrogen-bond acceptors (Lipinski definition) is 5. The fraction of sp³-hybridized carbons (Fsp3) is 0.179. The van der Waals surface area contributed by atoms with Gasteiger partial charge in [0.2, 0.25) is 0 Å². The van der Waals surface area contributed by atoms with Crippen LogP contribution in [-0.4, -0.2) is 40.8 Å². The molecule has 1 aliphatic rings. The molecule has 1 aromatic heterocycles. The van der Waals surface area contributed by atoms with Crippen molar-refractivity contribution >= 4 is 66.7 Å². The van der Waals surface area contributed by atoms with Crippen LogP contribution >= 0.6 is 38.9 Å². The highest BCUT2D eigenvalue weighted by Gasteiger charge is 2.40. The van der Waals surface area contributed by atoms with Crippen LogP contribution in [0.25, 0.3) is 10.2 Å². The van der Waals surface area contributed by atoms with Crippen LogP contribution in [0.5, 0.6) is 11.5 Å². The molecule has 0 fully saturated rings. The van der Waals surface area contributed by atoms with E-state index in [1.807, 2.05) is 19.1 Å². The molecular weight excluding hydrogens is 607 g/mol. The number of carbonyl (C=O) groups excluding carboxylic acids is 2. The highest BCUT2D eigenvalue weighted by molar-refractivity contribution is 9.10. The van der Waals surface area contributed by atoms with Gasteiger partial charge in [0.15, 0.2) is 0 Å². The molecule has 5 rings (SSSR count). The van der Waals surface area contributed by atoms with Gasteiger partial charge in [0.1, 0.15) is 17.3 Å². The number of urea groups is 1. The number of rotatable bonds is 5. The van der Waals surface area contributed by atoms with E-state index in [9.17, 15) is 14.0 Å². The smallest absolute Gasteiger partial charge is 0.324 e. The van der Waals surface area contributed by atoms with Crippen LogP contribution in [0.1, 0.15) is 23.5 Å². The number of hydrogen-bond donors (Lipinski definition) is 1. The lowest BCUT2D eigenvalue weighted by Crippen LogP contribution is -2.47.